The van der Waals surface area contributed by atoms with Gasteiger partial charge in [-0.3, -0.25) is 4.79 Å². The number of halogens is 5. The second-order valence-corrected chi connectivity index (χ2v) is 4.31. The van der Waals surface area contributed by atoms with E-state index in [2.05, 4.69) is 0 Å². The molecule has 18 heavy (non-hydrogen) atoms. The summed E-state index contributed by atoms with van der Waals surface area (Å²) in [6.45, 7) is 0. The summed E-state index contributed by atoms with van der Waals surface area (Å²) < 4.78 is 49.5. The van der Waals surface area contributed by atoms with E-state index in [-0.39, 0.29) is 3.57 Å². The maximum Gasteiger partial charge on any atom is 0.471 e. The lowest BCUT2D eigenvalue weighted by Crippen LogP contribution is -2.31. The molecule has 0 saturated heterocycles. The number of carboxylic acid groups (broad SMARTS) is 1. The van der Waals surface area contributed by atoms with Crippen LogP contribution in [0.25, 0.3) is 0 Å². The van der Waals surface area contributed by atoms with Gasteiger partial charge in [0.2, 0.25) is 0 Å². The molecule has 4 nitrogen and oxygen atoms in total. The number of anilines is 1. The zero-order valence-electron chi connectivity index (χ0n) is 8.31. The zero-order chi connectivity index (χ0) is 14.1. The van der Waals surface area contributed by atoms with Gasteiger partial charge in [-0.2, -0.15) is 13.2 Å². The van der Waals surface area contributed by atoms with Crippen molar-refractivity contribution in [1.29, 1.82) is 0 Å². The fraction of sp³-hybridized carbons (Fsp3) is 0.111. The summed E-state index contributed by atoms with van der Waals surface area (Å²) in [5.41, 5.74) is -1.76. The van der Waals surface area contributed by atoms with Crippen LogP contribution in [0.4, 0.5) is 23.2 Å². The molecule has 0 aliphatic rings. The smallest absolute Gasteiger partial charge is 0.471 e. The van der Waals surface area contributed by atoms with Gasteiger partial charge in [0.25, 0.3) is 0 Å². The topological polar surface area (TPSA) is 66.4 Å². The van der Waals surface area contributed by atoms with Crippen LogP contribution in [0.2, 0.25) is 0 Å². The van der Waals surface area contributed by atoms with E-state index in [0.29, 0.717) is 0 Å². The van der Waals surface area contributed by atoms with Crippen LogP contribution in [-0.4, -0.2) is 23.2 Å². The molecule has 9 heteroatoms. The highest BCUT2D eigenvalue weighted by molar-refractivity contribution is 14.1. The Morgan fingerprint density at radius 2 is 1.83 bits per heavy atom. The van der Waals surface area contributed by atoms with Gasteiger partial charge in [0.1, 0.15) is 5.82 Å². The third-order valence-corrected chi connectivity index (χ3v) is 2.40. The summed E-state index contributed by atoms with van der Waals surface area (Å²) in [5, 5.41) is 9.93. The lowest BCUT2D eigenvalue weighted by molar-refractivity contribution is -0.167. The first-order valence-corrected chi connectivity index (χ1v) is 5.31. The monoisotopic (exact) mass is 377 g/mol. The number of benzene rings is 1. The van der Waals surface area contributed by atoms with E-state index in [1.807, 2.05) is 0 Å². The third-order valence-electron chi connectivity index (χ3n) is 1.78. The SMILES string of the molecule is O=C(O)c1cc(I)cc(F)c1NC(=O)C(F)(F)F. The molecule has 0 aliphatic carbocycles. The number of alkyl halides is 3. The van der Waals surface area contributed by atoms with E-state index in [4.69, 9.17) is 5.11 Å². The fourth-order valence-corrected chi connectivity index (χ4v) is 1.64. The Hall–Kier alpha value is -1.39. The highest BCUT2D eigenvalue weighted by Crippen LogP contribution is 2.26. The number of carboxylic acids is 1. The van der Waals surface area contributed by atoms with Gasteiger partial charge in [-0.15, -0.1) is 0 Å². The van der Waals surface area contributed by atoms with Crippen molar-refractivity contribution >= 4 is 40.2 Å². The molecule has 1 aromatic rings. The molecular formula is C9H4F4INO3. The van der Waals surface area contributed by atoms with Gasteiger partial charge in [-0.1, -0.05) is 0 Å². The minimum absolute atomic E-state index is 0.174. The maximum atomic E-state index is 13.4. The zero-order valence-corrected chi connectivity index (χ0v) is 10.5. The second kappa shape index (κ2) is 5.08. The van der Waals surface area contributed by atoms with E-state index >= 15 is 0 Å². The first kappa shape index (κ1) is 14.7. The molecule has 0 bridgehead atoms. The minimum Gasteiger partial charge on any atom is -0.478 e. The van der Waals surface area contributed by atoms with Crippen LogP contribution >= 0.6 is 22.6 Å². The van der Waals surface area contributed by atoms with Gasteiger partial charge in [0.05, 0.1) is 11.3 Å². The van der Waals surface area contributed by atoms with Crippen LogP contribution in [-0.2, 0) is 4.79 Å². The molecule has 1 rings (SSSR count). The summed E-state index contributed by atoms with van der Waals surface area (Å²) in [7, 11) is 0. The van der Waals surface area contributed by atoms with E-state index in [1.54, 1.807) is 22.6 Å². The second-order valence-electron chi connectivity index (χ2n) is 3.07. The van der Waals surface area contributed by atoms with Crippen LogP contribution < -0.4 is 5.32 Å². The van der Waals surface area contributed by atoms with Gasteiger partial charge in [-0.05, 0) is 34.7 Å². The summed E-state index contributed by atoms with van der Waals surface area (Å²) in [5.74, 6) is -5.34. The molecular weight excluding hydrogens is 373 g/mol. The van der Waals surface area contributed by atoms with E-state index in [1.165, 1.54) is 5.32 Å². The number of hydrogen-bond acceptors (Lipinski definition) is 2. The molecule has 0 fully saturated rings. The van der Waals surface area contributed by atoms with Gasteiger partial charge in [-0.25, -0.2) is 9.18 Å². The van der Waals surface area contributed by atoms with Crippen LogP contribution in [0, 0.1) is 9.39 Å². The van der Waals surface area contributed by atoms with Crippen molar-refractivity contribution in [3.63, 3.8) is 0 Å². The minimum atomic E-state index is -5.23. The number of nitrogens with one attached hydrogen (secondary N) is 1. The lowest BCUT2D eigenvalue weighted by atomic mass is 10.1. The Morgan fingerprint density at radius 1 is 1.28 bits per heavy atom. The average molecular weight is 377 g/mol. The van der Waals surface area contributed by atoms with Crippen molar-refractivity contribution in [1.82, 2.24) is 0 Å². The van der Waals surface area contributed by atoms with Crippen LogP contribution in [0.3, 0.4) is 0 Å². The maximum absolute atomic E-state index is 13.4. The molecule has 0 radical (unpaired) electrons. The Kier molecular flexibility index (Phi) is 4.14. The lowest BCUT2D eigenvalue weighted by Gasteiger charge is -2.11. The summed E-state index contributed by atoms with van der Waals surface area (Å²) in [6.07, 6.45) is -5.23. The number of carbonyl (C=O) groups excluding carboxylic acids is 1. The molecule has 0 heterocycles. The molecule has 0 spiro atoms. The predicted molar refractivity (Wildman–Crippen MR) is 60.8 cm³/mol. The van der Waals surface area contributed by atoms with Crippen molar-refractivity contribution in [2.75, 3.05) is 5.32 Å². The molecule has 1 aromatic carbocycles. The summed E-state index contributed by atoms with van der Waals surface area (Å²) in [4.78, 5) is 21.4. The van der Waals surface area contributed by atoms with Crippen molar-refractivity contribution in [3.8, 4) is 0 Å². The van der Waals surface area contributed by atoms with Crippen LogP contribution in [0.1, 0.15) is 10.4 Å². The van der Waals surface area contributed by atoms with Gasteiger partial charge in [0, 0.05) is 3.57 Å². The Labute approximate surface area is 111 Å². The molecule has 2 N–H and O–H groups in total. The predicted octanol–water partition coefficient (Wildman–Crippen LogP) is 2.63. The molecule has 0 atom stereocenters. The molecule has 0 aliphatic heterocycles. The molecule has 0 saturated carbocycles. The van der Waals surface area contributed by atoms with Crippen LogP contribution in [0.5, 0.6) is 0 Å². The Balaban J connectivity index is 3.24. The molecule has 1 amide bonds. The Bertz CT molecular complexity index is 515. The average Bonchev–Trinajstić information content (AvgIpc) is 2.19. The standard InChI is InChI=1S/C9H4F4INO3/c10-5-2-3(14)1-4(7(16)17)6(5)15-8(18)9(11,12)13/h1-2H,(H,15,18)(H,16,17). The normalized spacial score (nSPS) is 11.2. The van der Waals surface area contributed by atoms with Crippen molar-refractivity contribution < 1.29 is 32.3 Å². The van der Waals surface area contributed by atoms with Crippen molar-refractivity contribution in [2.24, 2.45) is 0 Å². The first-order valence-electron chi connectivity index (χ1n) is 4.23. The van der Waals surface area contributed by atoms with Gasteiger partial charge >= 0.3 is 18.1 Å². The largest absolute Gasteiger partial charge is 0.478 e. The van der Waals surface area contributed by atoms with Crippen molar-refractivity contribution in [3.05, 3.63) is 27.1 Å². The van der Waals surface area contributed by atoms with Crippen LogP contribution in [0.15, 0.2) is 12.1 Å². The highest BCUT2D eigenvalue weighted by Gasteiger charge is 2.39. The number of amides is 1. The summed E-state index contributed by atoms with van der Waals surface area (Å²) >= 11 is 1.59. The molecule has 0 aromatic heterocycles. The third kappa shape index (κ3) is 3.31. The van der Waals surface area contributed by atoms with E-state index < -0.39 is 35.1 Å². The Morgan fingerprint density at radius 3 is 2.28 bits per heavy atom. The molecule has 98 valence electrons. The van der Waals surface area contributed by atoms with E-state index in [0.717, 1.165) is 12.1 Å². The molecule has 0 unspecified atom stereocenters. The highest BCUT2D eigenvalue weighted by atomic mass is 127. The number of rotatable bonds is 2. The number of aromatic carboxylic acids is 1. The van der Waals surface area contributed by atoms with E-state index in [9.17, 15) is 27.2 Å². The first-order chi connectivity index (χ1) is 8.12. The van der Waals surface area contributed by atoms with Gasteiger partial charge < -0.3 is 10.4 Å². The van der Waals surface area contributed by atoms with Crippen molar-refractivity contribution in [2.45, 2.75) is 6.18 Å². The number of hydrogen-bond donors (Lipinski definition) is 2. The van der Waals surface area contributed by atoms with Gasteiger partial charge in [0.15, 0.2) is 0 Å². The quantitative estimate of drug-likeness (QED) is 0.615. The fourth-order valence-electron chi connectivity index (χ4n) is 1.05. The number of carbonyl (C=O) groups is 2. The summed E-state index contributed by atoms with van der Waals surface area (Å²) in [6, 6.07) is 1.75.